The smallest absolute Gasteiger partial charge is 0.164 e. The zero-order chi connectivity index (χ0) is 20.5. The van der Waals surface area contributed by atoms with Crippen LogP contribution in [0.2, 0.25) is 0 Å². The van der Waals surface area contributed by atoms with Crippen molar-refractivity contribution in [2.45, 2.75) is 6.10 Å². The van der Waals surface area contributed by atoms with E-state index in [1.165, 1.54) is 6.33 Å². The van der Waals surface area contributed by atoms with Crippen molar-refractivity contribution in [3.8, 4) is 11.5 Å². The number of nitrogens with zero attached hydrogens (tertiary/aromatic N) is 3. The molecule has 1 aromatic heterocycles. The van der Waals surface area contributed by atoms with E-state index in [4.69, 9.17) is 14.2 Å². The molecule has 7 nitrogen and oxygen atoms in total. The molecule has 0 bridgehead atoms. The van der Waals surface area contributed by atoms with E-state index in [0.29, 0.717) is 39.6 Å². The van der Waals surface area contributed by atoms with E-state index in [-0.39, 0.29) is 11.9 Å². The zero-order valence-electron chi connectivity index (χ0n) is 16.1. The van der Waals surface area contributed by atoms with E-state index in [1.807, 2.05) is 12.1 Å². The fourth-order valence-electron chi connectivity index (χ4n) is 3.65. The molecule has 2 aliphatic rings. The third-order valence-corrected chi connectivity index (χ3v) is 5.80. The molecule has 9 heteroatoms. The van der Waals surface area contributed by atoms with Gasteiger partial charge < -0.3 is 19.5 Å². The molecule has 2 aromatic carbocycles. The summed E-state index contributed by atoms with van der Waals surface area (Å²) >= 11 is 3.20. The van der Waals surface area contributed by atoms with E-state index in [0.717, 1.165) is 38.2 Å². The van der Waals surface area contributed by atoms with Crippen molar-refractivity contribution in [1.29, 1.82) is 0 Å². The van der Waals surface area contributed by atoms with Gasteiger partial charge in [-0.15, -0.1) is 0 Å². The van der Waals surface area contributed by atoms with Crippen LogP contribution in [0.25, 0.3) is 10.9 Å². The number of aromatic nitrogens is 2. The molecular weight excluding hydrogens is 455 g/mol. The minimum absolute atomic E-state index is 0.0525. The molecule has 3 heterocycles. The van der Waals surface area contributed by atoms with Crippen LogP contribution in [0.1, 0.15) is 0 Å². The summed E-state index contributed by atoms with van der Waals surface area (Å²) in [6.45, 7) is 4.56. The molecule has 0 aliphatic carbocycles. The molecular formula is C21H20BrFN4O3. The highest BCUT2D eigenvalue weighted by Gasteiger charge is 2.25. The van der Waals surface area contributed by atoms with Gasteiger partial charge in [-0.05, 0) is 34.1 Å². The minimum Gasteiger partial charge on any atom is -0.486 e. The Morgan fingerprint density at radius 1 is 1.17 bits per heavy atom. The topological polar surface area (TPSA) is 68.7 Å². The van der Waals surface area contributed by atoms with Gasteiger partial charge in [-0.1, -0.05) is 6.07 Å². The summed E-state index contributed by atoms with van der Waals surface area (Å²) in [5, 5.41) is 3.78. The minimum atomic E-state index is -0.382. The molecule has 0 saturated carbocycles. The average Bonchev–Trinajstić information content (AvgIpc) is 2.76. The second kappa shape index (κ2) is 8.33. The lowest BCUT2D eigenvalue weighted by Gasteiger charge is -2.33. The van der Waals surface area contributed by atoms with E-state index < -0.39 is 0 Å². The van der Waals surface area contributed by atoms with Crippen LogP contribution in [0, 0.1) is 5.82 Å². The molecule has 1 fully saturated rings. The fourth-order valence-corrected chi connectivity index (χ4v) is 4.02. The molecule has 1 saturated heterocycles. The number of hydrogen-bond donors (Lipinski definition) is 1. The Bertz CT molecular complexity index is 1080. The van der Waals surface area contributed by atoms with Crippen molar-refractivity contribution in [3.63, 3.8) is 0 Å². The summed E-state index contributed by atoms with van der Waals surface area (Å²) in [4.78, 5) is 11.0. The summed E-state index contributed by atoms with van der Waals surface area (Å²) in [5.41, 5.74) is 1.02. The van der Waals surface area contributed by atoms with Gasteiger partial charge in [0.15, 0.2) is 17.3 Å². The van der Waals surface area contributed by atoms with Crippen molar-refractivity contribution >= 4 is 38.3 Å². The van der Waals surface area contributed by atoms with Crippen molar-refractivity contribution in [1.82, 2.24) is 14.9 Å². The molecule has 1 unspecified atom stereocenters. The molecule has 0 radical (unpaired) electrons. The summed E-state index contributed by atoms with van der Waals surface area (Å²) < 4.78 is 32.3. The number of hydrogen-bond acceptors (Lipinski definition) is 7. The van der Waals surface area contributed by atoms with Crippen LogP contribution in [-0.2, 0) is 4.74 Å². The largest absolute Gasteiger partial charge is 0.486 e. The SMILES string of the molecule is Fc1c(Br)cccc1Nc1ncnc2cc3c(cc12)OCC(CN1CCOCC1)O3. The van der Waals surface area contributed by atoms with Crippen molar-refractivity contribution in [3.05, 3.63) is 46.9 Å². The lowest BCUT2D eigenvalue weighted by atomic mass is 10.1. The molecule has 2 aliphatic heterocycles. The first-order valence-corrected chi connectivity index (χ1v) is 10.6. The van der Waals surface area contributed by atoms with Gasteiger partial charge in [0.05, 0.1) is 28.9 Å². The molecule has 0 spiro atoms. The van der Waals surface area contributed by atoms with Gasteiger partial charge in [0.25, 0.3) is 0 Å². The van der Waals surface area contributed by atoms with Gasteiger partial charge in [-0.2, -0.15) is 0 Å². The third kappa shape index (κ3) is 3.92. The van der Waals surface area contributed by atoms with E-state index in [1.54, 1.807) is 18.2 Å². The van der Waals surface area contributed by atoms with Crippen LogP contribution in [0.3, 0.4) is 0 Å². The molecule has 30 heavy (non-hydrogen) atoms. The summed E-state index contributed by atoms with van der Waals surface area (Å²) in [7, 11) is 0. The van der Waals surface area contributed by atoms with Gasteiger partial charge >= 0.3 is 0 Å². The van der Waals surface area contributed by atoms with Crippen LogP contribution in [-0.4, -0.2) is 60.4 Å². The van der Waals surface area contributed by atoms with Crippen LogP contribution >= 0.6 is 15.9 Å². The third-order valence-electron chi connectivity index (χ3n) is 5.19. The fraction of sp³-hybridized carbons (Fsp3) is 0.333. The molecule has 3 aromatic rings. The number of anilines is 2. The van der Waals surface area contributed by atoms with Crippen molar-refractivity contribution in [2.75, 3.05) is 44.8 Å². The Morgan fingerprint density at radius 2 is 2.03 bits per heavy atom. The number of ether oxygens (including phenoxy) is 3. The first kappa shape index (κ1) is 19.5. The van der Waals surface area contributed by atoms with Gasteiger partial charge in [0.1, 0.15) is 24.9 Å². The highest BCUT2D eigenvalue weighted by Crippen LogP contribution is 2.38. The number of fused-ring (bicyclic) bond motifs is 2. The quantitative estimate of drug-likeness (QED) is 0.617. The normalized spacial score (nSPS) is 19.1. The van der Waals surface area contributed by atoms with Crippen molar-refractivity contribution in [2.24, 2.45) is 0 Å². The summed E-state index contributed by atoms with van der Waals surface area (Å²) in [6, 6.07) is 8.75. The molecule has 1 N–H and O–H groups in total. The maximum atomic E-state index is 14.4. The molecule has 5 rings (SSSR count). The monoisotopic (exact) mass is 474 g/mol. The lowest BCUT2D eigenvalue weighted by molar-refractivity contribution is 0.00322. The highest BCUT2D eigenvalue weighted by atomic mass is 79.9. The Hall–Kier alpha value is -2.49. The highest BCUT2D eigenvalue weighted by molar-refractivity contribution is 9.10. The maximum Gasteiger partial charge on any atom is 0.164 e. The van der Waals surface area contributed by atoms with Gasteiger partial charge in [-0.25, -0.2) is 14.4 Å². The zero-order valence-corrected chi connectivity index (χ0v) is 17.7. The second-order valence-corrected chi connectivity index (χ2v) is 8.08. The van der Waals surface area contributed by atoms with E-state index in [9.17, 15) is 4.39 Å². The van der Waals surface area contributed by atoms with Crippen LogP contribution in [0.5, 0.6) is 11.5 Å². The van der Waals surface area contributed by atoms with E-state index in [2.05, 4.69) is 36.1 Å². The average molecular weight is 475 g/mol. The standard InChI is InChI=1S/C21H20BrFN4O3/c22-15-2-1-3-16(20(15)23)26-21-14-8-18-19(9-17(14)24-12-25-21)30-13(11-29-18)10-27-4-6-28-7-5-27/h1-3,8-9,12-13H,4-7,10-11H2,(H,24,25,26). The first-order valence-electron chi connectivity index (χ1n) is 9.77. The second-order valence-electron chi connectivity index (χ2n) is 7.23. The number of morpholine rings is 1. The maximum absolute atomic E-state index is 14.4. The predicted octanol–water partition coefficient (Wildman–Crippen LogP) is 3.75. The number of nitrogens with one attached hydrogen (secondary N) is 1. The van der Waals surface area contributed by atoms with Crippen LogP contribution < -0.4 is 14.8 Å². The first-order chi connectivity index (χ1) is 14.7. The van der Waals surface area contributed by atoms with Crippen molar-refractivity contribution < 1.29 is 18.6 Å². The summed E-state index contributed by atoms with van der Waals surface area (Å²) in [5.74, 6) is 1.41. The number of benzene rings is 2. The predicted molar refractivity (Wildman–Crippen MR) is 114 cm³/mol. The number of halogens is 2. The molecule has 1 atom stereocenters. The Labute approximate surface area is 181 Å². The van der Waals surface area contributed by atoms with E-state index >= 15 is 0 Å². The Morgan fingerprint density at radius 3 is 2.90 bits per heavy atom. The Kier molecular flexibility index (Phi) is 5.41. The molecule has 156 valence electrons. The lowest BCUT2D eigenvalue weighted by Crippen LogP contribution is -2.45. The van der Waals surface area contributed by atoms with Gasteiger partial charge in [0, 0.05) is 31.1 Å². The van der Waals surface area contributed by atoms with Crippen LogP contribution in [0.4, 0.5) is 15.9 Å². The molecule has 0 amide bonds. The number of rotatable bonds is 4. The summed E-state index contributed by atoms with van der Waals surface area (Å²) in [6.07, 6.45) is 1.39. The Balaban J connectivity index is 1.40. The van der Waals surface area contributed by atoms with Gasteiger partial charge in [0.2, 0.25) is 0 Å². The van der Waals surface area contributed by atoms with Gasteiger partial charge in [-0.3, -0.25) is 4.90 Å². The van der Waals surface area contributed by atoms with Crippen LogP contribution in [0.15, 0.2) is 41.1 Å².